The zero-order valence-electron chi connectivity index (χ0n) is 10.5. The van der Waals surface area contributed by atoms with Crippen molar-refractivity contribution in [3.05, 3.63) is 40.1 Å². The second kappa shape index (κ2) is 5.51. The van der Waals surface area contributed by atoms with Crippen LogP contribution in [0.1, 0.15) is 18.2 Å². The van der Waals surface area contributed by atoms with Crippen molar-refractivity contribution in [2.24, 2.45) is 0 Å². The van der Waals surface area contributed by atoms with Crippen molar-refractivity contribution >= 4 is 0 Å². The minimum absolute atomic E-state index is 0.0848. The number of ether oxygens (including phenoxy) is 1. The summed E-state index contributed by atoms with van der Waals surface area (Å²) in [7, 11) is 0. The summed E-state index contributed by atoms with van der Waals surface area (Å²) in [6.45, 7) is 2.29. The first kappa shape index (κ1) is 13.1. The summed E-state index contributed by atoms with van der Waals surface area (Å²) in [5, 5.41) is 18.9. The third kappa shape index (κ3) is 3.09. The zero-order chi connectivity index (χ0) is 13.8. The van der Waals surface area contributed by atoms with E-state index in [0.29, 0.717) is 25.2 Å². The molecule has 0 spiro atoms. The van der Waals surface area contributed by atoms with Gasteiger partial charge in [0.05, 0.1) is 6.61 Å². The fourth-order valence-corrected chi connectivity index (χ4v) is 1.76. The van der Waals surface area contributed by atoms with Crippen LogP contribution in [-0.2, 0) is 12.8 Å². The van der Waals surface area contributed by atoms with E-state index in [9.17, 15) is 15.0 Å². The zero-order valence-corrected chi connectivity index (χ0v) is 10.5. The number of aromatic hydroxyl groups is 2. The molecule has 0 unspecified atom stereocenters. The molecule has 3 N–H and O–H groups in total. The summed E-state index contributed by atoms with van der Waals surface area (Å²) in [5.74, 6) is -0.195. The maximum Gasteiger partial charge on any atom is 0.419 e. The normalized spacial score (nSPS) is 10.6. The van der Waals surface area contributed by atoms with E-state index in [1.807, 2.05) is 6.92 Å². The van der Waals surface area contributed by atoms with Gasteiger partial charge in [-0.1, -0.05) is 6.07 Å². The van der Waals surface area contributed by atoms with E-state index in [1.165, 1.54) is 0 Å². The number of aryl methyl sites for hydroxylation is 2. The van der Waals surface area contributed by atoms with Gasteiger partial charge in [0.1, 0.15) is 0 Å². The molecule has 0 saturated heterocycles. The van der Waals surface area contributed by atoms with Gasteiger partial charge < -0.3 is 19.4 Å². The first-order valence-corrected chi connectivity index (χ1v) is 5.95. The van der Waals surface area contributed by atoms with E-state index in [0.717, 1.165) is 5.56 Å². The number of benzene rings is 1. The van der Waals surface area contributed by atoms with Crippen molar-refractivity contribution in [3.8, 4) is 17.4 Å². The van der Waals surface area contributed by atoms with Crippen LogP contribution in [0, 0.1) is 0 Å². The van der Waals surface area contributed by atoms with Crippen molar-refractivity contribution in [2.75, 3.05) is 6.61 Å². The van der Waals surface area contributed by atoms with Gasteiger partial charge in [-0.25, -0.2) is 4.79 Å². The molecule has 6 heteroatoms. The fraction of sp³-hybridized carbons (Fsp3) is 0.308. The van der Waals surface area contributed by atoms with Crippen LogP contribution in [0.25, 0.3) is 0 Å². The average Bonchev–Trinajstić information content (AvgIpc) is 2.69. The van der Waals surface area contributed by atoms with Crippen LogP contribution < -0.4 is 10.5 Å². The smallest absolute Gasteiger partial charge is 0.419 e. The molecule has 0 saturated carbocycles. The number of nitrogens with one attached hydrogen (secondary N) is 1. The highest BCUT2D eigenvalue weighted by Crippen LogP contribution is 2.27. The number of aromatic nitrogens is 1. The van der Waals surface area contributed by atoms with Crippen LogP contribution in [-0.4, -0.2) is 21.8 Å². The first-order valence-electron chi connectivity index (χ1n) is 5.95. The quantitative estimate of drug-likeness (QED) is 0.762. The highest BCUT2D eigenvalue weighted by atomic mass is 16.5. The number of phenolic OH excluding ortho intramolecular Hbond substituents is 1. The Bertz CT molecular complexity index is 614. The second-order valence-corrected chi connectivity index (χ2v) is 4.02. The lowest BCUT2D eigenvalue weighted by atomic mass is 10.1. The number of hydrogen-bond donors (Lipinski definition) is 3. The summed E-state index contributed by atoms with van der Waals surface area (Å²) >= 11 is 0. The van der Waals surface area contributed by atoms with Crippen LogP contribution in [0.3, 0.4) is 0 Å². The topological polar surface area (TPSA) is 95.7 Å². The maximum absolute atomic E-state index is 10.9. The highest BCUT2D eigenvalue weighted by molar-refractivity contribution is 5.42. The second-order valence-electron chi connectivity index (χ2n) is 4.02. The molecule has 102 valence electrons. The number of H-pyrrole nitrogens is 1. The van der Waals surface area contributed by atoms with Gasteiger partial charge in [-0.05, 0) is 31.0 Å². The molecule has 1 aromatic carbocycles. The van der Waals surface area contributed by atoms with E-state index in [-0.39, 0.29) is 17.4 Å². The van der Waals surface area contributed by atoms with E-state index < -0.39 is 5.76 Å². The summed E-state index contributed by atoms with van der Waals surface area (Å²) in [5.41, 5.74) is 0.907. The summed E-state index contributed by atoms with van der Waals surface area (Å²) in [4.78, 5) is 13.0. The lowest BCUT2D eigenvalue weighted by molar-refractivity contribution is 0.317. The summed E-state index contributed by atoms with van der Waals surface area (Å²) in [6.07, 6.45) is 0.926. The number of aromatic amines is 1. The number of rotatable bonds is 5. The van der Waals surface area contributed by atoms with Crippen LogP contribution in [0.4, 0.5) is 0 Å². The van der Waals surface area contributed by atoms with E-state index >= 15 is 0 Å². The molecule has 19 heavy (non-hydrogen) atoms. The first-order chi connectivity index (χ1) is 9.10. The monoisotopic (exact) mass is 265 g/mol. The van der Waals surface area contributed by atoms with Crippen LogP contribution in [0.5, 0.6) is 17.4 Å². The molecule has 1 aromatic heterocycles. The molecule has 0 amide bonds. The minimum Gasteiger partial charge on any atom is -0.504 e. The van der Waals surface area contributed by atoms with Gasteiger partial charge in [-0.2, -0.15) is 0 Å². The van der Waals surface area contributed by atoms with E-state index in [1.54, 1.807) is 18.2 Å². The molecule has 0 atom stereocenters. The van der Waals surface area contributed by atoms with Gasteiger partial charge in [0, 0.05) is 6.42 Å². The Morgan fingerprint density at radius 1 is 1.32 bits per heavy atom. The Hall–Kier alpha value is -2.37. The minimum atomic E-state index is -0.673. The van der Waals surface area contributed by atoms with Crippen molar-refractivity contribution in [3.63, 3.8) is 0 Å². The molecule has 6 nitrogen and oxygen atoms in total. The molecule has 0 radical (unpaired) electrons. The van der Waals surface area contributed by atoms with Crippen molar-refractivity contribution in [1.29, 1.82) is 0 Å². The molecular weight excluding hydrogens is 250 g/mol. The average molecular weight is 265 g/mol. The standard InChI is InChI=1S/C13H15NO5/c1-2-18-11-7-8(3-5-9(11)15)4-6-10-12(16)14-13(17)19-10/h3,5,7,15-16H,2,4,6H2,1H3,(H,14,17). The predicted molar refractivity (Wildman–Crippen MR) is 67.7 cm³/mol. The number of oxazole rings is 1. The van der Waals surface area contributed by atoms with Crippen molar-refractivity contribution < 1.29 is 19.4 Å². The highest BCUT2D eigenvalue weighted by Gasteiger charge is 2.10. The number of phenols is 1. The van der Waals surface area contributed by atoms with Crippen LogP contribution in [0.2, 0.25) is 0 Å². The molecule has 0 aliphatic rings. The van der Waals surface area contributed by atoms with Gasteiger partial charge in [0.25, 0.3) is 0 Å². The van der Waals surface area contributed by atoms with Gasteiger partial charge in [-0.3, -0.25) is 4.98 Å². The lowest BCUT2D eigenvalue weighted by Crippen LogP contribution is -1.96. The van der Waals surface area contributed by atoms with Gasteiger partial charge in [-0.15, -0.1) is 0 Å². The molecular formula is C13H15NO5. The van der Waals surface area contributed by atoms with Crippen LogP contribution in [0.15, 0.2) is 27.4 Å². The maximum atomic E-state index is 10.9. The van der Waals surface area contributed by atoms with Crippen molar-refractivity contribution in [2.45, 2.75) is 19.8 Å². The molecule has 0 bridgehead atoms. The van der Waals surface area contributed by atoms with E-state index in [2.05, 4.69) is 4.98 Å². The third-order valence-corrected chi connectivity index (χ3v) is 2.67. The summed E-state index contributed by atoms with van der Waals surface area (Å²) < 4.78 is 10.1. The summed E-state index contributed by atoms with van der Waals surface area (Å²) in [6, 6.07) is 5.02. The Kier molecular flexibility index (Phi) is 3.79. The number of hydrogen-bond acceptors (Lipinski definition) is 5. The molecule has 0 aliphatic carbocycles. The molecule has 0 aliphatic heterocycles. The third-order valence-electron chi connectivity index (χ3n) is 2.67. The van der Waals surface area contributed by atoms with E-state index in [4.69, 9.17) is 9.15 Å². The Morgan fingerprint density at radius 3 is 2.74 bits per heavy atom. The molecule has 1 heterocycles. The Labute approximate surface area is 109 Å². The lowest BCUT2D eigenvalue weighted by Gasteiger charge is -2.07. The largest absolute Gasteiger partial charge is 0.504 e. The van der Waals surface area contributed by atoms with Gasteiger partial charge in [0.2, 0.25) is 5.88 Å². The van der Waals surface area contributed by atoms with Gasteiger partial charge in [0.15, 0.2) is 17.3 Å². The molecule has 2 rings (SSSR count). The fourth-order valence-electron chi connectivity index (χ4n) is 1.76. The van der Waals surface area contributed by atoms with Crippen LogP contribution >= 0.6 is 0 Å². The molecule has 2 aromatic rings. The Morgan fingerprint density at radius 2 is 2.11 bits per heavy atom. The SMILES string of the molecule is CCOc1cc(CCc2oc(=O)[nH]c2O)ccc1O. The predicted octanol–water partition coefficient (Wildman–Crippen LogP) is 1.56. The van der Waals surface area contributed by atoms with Gasteiger partial charge >= 0.3 is 5.76 Å². The Balaban J connectivity index is 2.09. The molecule has 0 fully saturated rings. The van der Waals surface area contributed by atoms with Crippen molar-refractivity contribution in [1.82, 2.24) is 4.98 Å².